The van der Waals surface area contributed by atoms with Gasteiger partial charge in [-0.15, -0.1) is 0 Å². The number of para-hydroxylation sites is 2. The largest absolute Gasteiger partial charge is 0.456 e. The Hall–Kier alpha value is -7.36. The maximum atomic E-state index is 6.49. The third-order valence-corrected chi connectivity index (χ3v) is 13.5. The molecule has 62 heavy (non-hydrogen) atoms. The molecule has 0 spiro atoms. The van der Waals surface area contributed by atoms with Gasteiger partial charge in [0.15, 0.2) is 0 Å². The van der Waals surface area contributed by atoms with E-state index in [1.54, 1.807) is 0 Å². The number of furan rings is 1. The fraction of sp³-hybridized carbons (Fsp3) is 0.119. The molecule has 0 saturated carbocycles. The van der Waals surface area contributed by atoms with E-state index in [0.29, 0.717) is 0 Å². The van der Waals surface area contributed by atoms with E-state index in [9.17, 15) is 0 Å². The molecule has 2 aromatic heterocycles. The van der Waals surface area contributed by atoms with Crippen molar-refractivity contribution in [3.8, 4) is 27.9 Å². The van der Waals surface area contributed by atoms with Crippen molar-refractivity contribution in [2.24, 2.45) is 0 Å². The Labute approximate surface area is 362 Å². The van der Waals surface area contributed by atoms with Crippen LogP contribution >= 0.6 is 0 Å². The first-order chi connectivity index (χ1) is 30.2. The van der Waals surface area contributed by atoms with Crippen molar-refractivity contribution in [2.45, 2.75) is 44.9 Å². The molecule has 0 N–H and O–H groups in total. The van der Waals surface area contributed by atoms with Crippen LogP contribution in [0.5, 0.6) is 0 Å². The molecular weight excluding hydrogens is 753 g/mol. The molecular formula is C59H46N2O. The van der Waals surface area contributed by atoms with Crippen molar-refractivity contribution in [1.29, 1.82) is 0 Å². The number of benzene rings is 9. The molecule has 0 atom stereocenters. The normalized spacial score (nSPS) is 14.3. The molecule has 9 aromatic carbocycles. The number of nitrogens with zero attached hydrogens (tertiary/aromatic N) is 2. The van der Waals surface area contributed by atoms with Crippen molar-refractivity contribution < 1.29 is 4.42 Å². The second-order valence-corrected chi connectivity index (χ2v) is 18.5. The van der Waals surface area contributed by atoms with Gasteiger partial charge in [-0.3, -0.25) is 0 Å². The lowest BCUT2D eigenvalue weighted by atomic mass is 9.82. The smallest absolute Gasteiger partial charge is 0.135 e. The van der Waals surface area contributed by atoms with Gasteiger partial charge in [-0.2, -0.15) is 0 Å². The minimum Gasteiger partial charge on any atom is -0.456 e. The summed E-state index contributed by atoms with van der Waals surface area (Å²) < 4.78 is 8.89. The van der Waals surface area contributed by atoms with Gasteiger partial charge in [-0.25, -0.2) is 0 Å². The van der Waals surface area contributed by atoms with Gasteiger partial charge in [-0.05, 0) is 146 Å². The van der Waals surface area contributed by atoms with Crippen molar-refractivity contribution in [3.05, 3.63) is 205 Å². The Morgan fingerprint density at radius 3 is 1.84 bits per heavy atom. The molecule has 0 bridgehead atoms. The van der Waals surface area contributed by atoms with Crippen LogP contribution in [0.4, 0.5) is 17.1 Å². The summed E-state index contributed by atoms with van der Waals surface area (Å²) in [5, 5.41) is 7.29. The molecule has 0 saturated heterocycles. The van der Waals surface area contributed by atoms with Crippen LogP contribution in [0.25, 0.3) is 82.5 Å². The van der Waals surface area contributed by atoms with E-state index < -0.39 is 0 Å². The van der Waals surface area contributed by atoms with E-state index in [4.69, 9.17) is 4.42 Å². The van der Waals surface area contributed by atoms with Crippen LogP contribution in [-0.4, -0.2) is 4.57 Å². The highest BCUT2D eigenvalue weighted by Crippen LogP contribution is 2.51. The average molecular weight is 799 g/mol. The summed E-state index contributed by atoms with van der Waals surface area (Å²) >= 11 is 0. The molecule has 0 fully saturated rings. The average Bonchev–Trinajstić information content (AvgIpc) is 3.89. The zero-order chi connectivity index (χ0) is 41.7. The van der Waals surface area contributed by atoms with Crippen molar-refractivity contribution >= 4 is 71.6 Å². The predicted octanol–water partition coefficient (Wildman–Crippen LogP) is 16.6. The van der Waals surface area contributed by atoms with Gasteiger partial charge < -0.3 is 13.9 Å². The summed E-state index contributed by atoms with van der Waals surface area (Å²) in [6, 6.07) is 71.1. The zero-order valence-electron chi connectivity index (χ0n) is 35.5. The Bertz CT molecular complexity index is 3550. The minimum absolute atomic E-state index is 0.127. The molecule has 1 aliphatic rings. The first-order valence-corrected chi connectivity index (χ1v) is 21.8. The lowest BCUT2D eigenvalue weighted by molar-refractivity contribution is 0.403. The maximum Gasteiger partial charge on any atom is 0.135 e. The topological polar surface area (TPSA) is 21.3 Å². The highest BCUT2D eigenvalue weighted by molar-refractivity contribution is 6.11. The summed E-state index contributed by atoms with van der Waals surface area (Å²) in [4.78, 5) is 2.39. The van der Waals surface area contributed by atoms with Crippen molar-refractivity contribution in [2.75, 3.05) is 4.90 Å². The van der Waals surface area contributed by atoms with E-state index in [1.165, 1.54) is 76.7 Å². The molecule has 0 amide bonds. The van der Waals surface area contributed by atoms with Gasteiger partial charge in [0.1, 0.15) is 11.2 Å². The number of aromatic nitrogens is 1. The van der Waals surface area contributed by atoms with Gasteiger partial charge in [0, 0.05) is 44.3 Å². The first-order valence-electron chi connectivity index (χ1n) is 21.8. The fourth-order valence-corrected chi connectivity index (χ4v) is 10.8. The van der Waals surface area contributed by atoms with Gasteiger partial charge in [0.05, 0.1) is 11.0 Å². The van der Waals surface area contributed by atoms with Gasteiger partial charge in [0.2, 0.25) is 0 Å². The summed E-state index contributed by atoms with van der Waals surface area (Å²) in [5.41, 5.74) is 16.6. The van der Waals surface area contributed by atoms with Crippen molar-refractivity contribution in [1.82, 2.24) is 4.57 Å². The Kier molecular flexibility index (Phi) is 7.99. The predicted molar refractivity (Wildman–Crippen MR) is 262 cm³/mol. The second kappa shape index (κ2) is 13.6. The van der Waals surface area contributed by atoms with Gasteiger partial charge >= 0.3 is 0 Å². The van der Waals surface area contributed by atoms with E-state index in [0.717, 1.165) is 40.3 Å². The summed E-state index contributed by atoms with van der Waals surface area (Å²) in [5.74, 6) is 0. The van der Waals surface area contributed by atoms with E-state index in [2.05, 4.69) is 231 Å². The molecule has 11 aromatic rings. The summed E-state index contributed by atoms with van der Waals surface area (Å²) in [6.07, 6.45) is 1.14. The monoisotopic (exact) mass is 798 g/mol. The van der Waals surface area contributed by atoms with Crippen molar-refractivity contribution in [3.63, 3.8) is 0 Å². The Morgan fingerprint density at radius 1 is 0.403 bits per heavy atom. The zero-order valence-corrected chi connectivity index (χ0v) is 35.5. The molecule has 3 heteroatoms. The molecule has 0 aliphatic heterocycles. The standard InChI is InChI=1S/C59H46N2O/c1-58(2)37-59(3,4)53-36-57-51(35-52(53)58)50-33-43(24-30-56(50)62-57)41-16-12-15-40(31-41)39-21-25-45(26-22-39)60(46-27-23-38-13-8-9-14-42(38)32-46)47-28-29-49-48-19-10-11-20-54(48)61(55(49)34-47)44-17-6-5-7-18-44/h5-36H,37H2,1-4H3. The molecule has 0 unspecified atom stereocenters. The number of anilines is 3. The van der Waals surface area contributed by atoms with E-state index in [-0.39, 0.29) is 10.8 Å². The van der Waals surface area contributed by atoms with Crippen LogP contribution < -0.4 is 4.90 Å². The molecule has 3 nitrogen and oxygen atoms in total. The quantitative estimate of drug-likeness (QED) is 0.167. The van der Waals surface area contributed by atoms with Crippen LogP contribution in [0.2, 0.25) is 0 Å². The number of rotatable bonds is 6. The van der Waals surface area contributed by atoms with Gasteiger partial charge in [0.25, 0.3) is 0 Å². The highest BCUT2D eigenvalue weighted by Gasteiger charge is 2.42. The molecule has 0 radical (unpaired) electrons. The van der Waals surface area contributed by atoms with Gasteiger partial charge in [-0.1, -0.05) is 137 Å². The molecule has 1 aliphatic carbocycles. The van der Waals surface area contributed by atoms with Crippen LogP contribution in [-0.2, 0) is 10.8 Å². The van der Waals surface area contributed by atoms with Crippen LogP contribution in [0.3, 0.4) is 0 Å². The Morgan fingerprint density at radius 2 is 1.02 bits per heavy atom. The number of hydrogen-bond acceptors (Lipinski definition) is 2. The summed E-state index contributed by atoms with van der Waals surface area (Å²) in [7, 11) is 0. The summed E-state index contributed by atoms with van der Waals surface area (Å²) in [6.45, 7) is 9.48. The van der Waals surface area contributed by atoms with Crippen LogP contribution in [0, 0.1) is 0 Å². The third-order valence-electron chi connectivity index (χ3n) is 13.5. The third kappa shape index (κ3) is 5.79. The SMILES string of the molecule is CC1(C)CC(C)(C)c2cc3c(cc21)oc1ccc(-c2cccc(-c4ccc(N(c5ccc6ccccc6c5)c5ccc6c7ccccc7n(-c7ccccc7)c6c5)cc4)c2)cc13. The molecule has 2 heterocycles. The van der Waals surface area contributed by atoms with Crippen LogP contribution in [0.1, 0.15) is 45.2 Å². The Balaban J connectivity index is 0.942. The maximum absolute atomic E-state index is 6.49. The highest BCUT2D eigenvalue weighted by atomic mass is 16.3. The first kappa shape index (κ1) is 36.5. The van der Waals surface area contributed by atoms with E-state index >= 15 is 0 Å². The van der Waals surface area contributed by atoms with E-state index in [1.807, 2.05) is 0 Å². The molecule has 298 valence electrons. The lowest BCUT2D eigenvalue weighted by Gasteiger charge is -2.26. The van der Waals surface area contributed by atoms with Crippen LogP contribution in [0.15, 0.2) is 199 Å². The fourth-order valence-electron chi connectivity index (χ4n) is 10.8. The number of hydrogen-bond donors (Lipinski definition) is 0. The lowest BCUT2D eigenvalue weighted by Crippen LogP contribution is -2.17. The molecule has 12 rings (SSSR count). The second-order valence-electron chi connectivity index (χ2n) is 18.5. The number of fused-ring (bicyclic) bond motifs is 8. The minimum atomic E-state index is 0.127.